The summed E-state index contributed by atoms with van der Waals surface area (Å²) >= 11 is 0. The van der Waals surface area contributed by atoms with Crippen molar-refractivity contribution in [3.05, 3.63) is 64.5 Å². The van der Waals surface area contributed by atoms with Gasteiger partial charge < -0.3 is 28.5 Å². The standard InChI is InChI=1S/C23H20O7/c1-26-14-9-15-19-16(24)11-18(28-3)21(29-12-13-7-5-4-6-8-13)22(19)30-23(25)20(15)17(10-14)27-2/h4-11,24H,12H2,1-3H3. The second kappa shape index (κ2) is 7.87. The Bertz CT molecular complexity index is 1280. The van der Waals surface area contributed by atoms with Crippen molar-refractivity contribution in [2.75, 3.05) is 21.3 Å². The van der Waals surface area contributed by atoms with E-state index in [4.69, 9.17) is 23.4 Å². The Morgan fingerprint density at radius 3 is 2.30 bits per heavy atom. The van der Waals surface area contributed by atoms with Crippen LogP contribution in [0.4, 0.5) is 0 Å². The van der Waals surface area contributed by atoms with Crippen LogP contribution in [0.15, 0.2) is 57.7 Å². The summed E-state index contributed by atoms with van der Waals surface area (Å²) in [5, 5.41) is 11.6. The monoisotopic (exact) mass is 408 g/mol. The van der Waals surface area contributed by atoms with Crippen LogP contribution in [0.3, 0.4) is 0 Å². The summed E-state index contributed by atoms with van der Waals surface area (Å²) in [5.74, 6) is 1.08. The topological polar surface area (TPSA) is 87.4 Å². The van der Waals surface area contributed by atoms with Gasteiger partial charge in [0, 0.05) is 17.5 Å². The molecule has 0 atom stereocenters. The molecule has 0 unspecified atom stereocenters. The number of methoxy groups -OCH3 is 3. The first-order valence-electron chi connectivity index (χ1n) is 9.16. The Morgan fingerprint density at radius 1 is 0.900 bits per heavy atom. The molecule has 1 aromatic heterocycles. The molecule has 0 saturated carbocycles. The van der Waals surface area contributed by atoms with Crippen LogP contribution in [0.1, 0.15) is 5.56 Å². The summed E-state index contributed by atoms with van der Waals surface area (Å²) < 4.78 is 27.6. The summed E-state index contributed by atoms with van der Waals surface area (Å²) in [6, 6.07) is 14.2. The lowest BCUT2D eigenvalue weighted by Gasteiger charge is -2.16. The summed E-state index contributed by atoms with van der Waals surface area (Å²) in [6.07, 6.45) is 0. The maximum absolute atomic E-state index is 12.8. The van der Waals surface area contributed by atoms with E-state index in [1.165, 1.54) is 27.4 Å². The first kappa shape index (κ1) is 19.4. The van der Waals surface area contributed by atoms with Crippen LogP contribution in [0.25, 0.3) is 21.7 Å². The van der Waals surface area contributed by atoms with Crippen LogP contribution in [0.5, 0.6) is 28.7 Å². The molecular weight excluding hydrogens is 388 g/mol. The maximum atomic E-state index is 12.8. The summed E-state index contributed by atoms with van der Waals surface area (Å²) in [5.41, 5.74) is 0.372. The Balaban J connectivity index is 2.02. The molecule has 0 aliphatic heterocycles. The van der Waals surface area contributed by atoms with Gasteiger partial charge in [0.25, 0.3) is 0 Å². The molecule has 7 nitrogen and oxygen atoms in total. The van der Waals surface area contributed by atoms with Crippen molar-refractivity contribution in [1.29, 1.82) is 0 Å². The van der Waals surface area contributed by atoms with Crippen molar-refractivity contribution in [3.63, 3.8) is 0 Å². The highest BCUT2D eigenvalue weighted by atomic mass is 16.5. The van der Waals surface area contributed by atoms with E-state index >= 15 is 0 Å². The molecule has 4 rings (SSSR count). The highest BCUT2D eigenvalue weighted by molar-refractivity contribution is 6.12. The number of fused-ring (bicyclic) bond motifs is 3. The van der Waals surface area contributed by atoms with Gasteiger partial charge in [-0.1, -0.05) is 30.3 Å². The Morgan fingerprint density at radius 2 is 1.63 bits per heavy atom. The molecule has 4 aromatic rings. The third kappa shape index (κ3) is 3.24. The zero-order chi connectivity index (χ0) is 21.3. The largest absolute Gasteiger partial charge is 0.507 e. The van der Waals surface area contributed by atoms with Gasteiger partial charge in [0.1, 0.15) is 29.2 Å². The lowest BCUT2D eigenvalue weighted by Crippen LogP contribution is -2.05. The number of benzene rings is 3. The third-order valence-electron chi connectivity index (χ3n) is 4.83. The van der Waals surface area contributed by atoms with Crippen LogP contribution < -0.4 is 24.6 Å². The molecule has 30 heavy (non-hydrogen) atoms. The van der Waals surface area contributed by atoms with E-state index in [0.29, 0.717) is 16.5 Å². The highest BCUT2D eigenvalue weighted by Gasteiger charge is 2.23. The average Bonchev–Trinajstić information content (AvgIpc) is 2.77. The molecule has 3 aromatic carbocycles. The van der Waals surface area contributed by atoms with Crippen molar-refractivity contribution in [2.24, 2.45) is 0 Å². The fourth-order valence-electron chi connectivity index (χ4n) is 3.40. The van der Waals surface area contributed by atoms with E-state index in [1.807, 2.05) is 30.3 Å². The zero-order valence-electron chi connectivity index (χ0n) is 16.7. The molecule has 7 heteroatoms. The Hall–Kier alpha value is -3.87. The minimum atomic E-state index is -0.630. The van der Waals surface area contributed by atoms with Crippen molar-refractivity contribution >= 4 is 21.7 Å². The molecule has 0 spiro atoms. The SMILES string of the molecule is COc1cc(OC)c2c(=O)oc3c(OCc4ccccc4)c(OC)cc(O)c3c2c1. The molecule has 0 aliphatic carbocycles. The van der Waals surface area contributed by atoms with Crippen molar-refractivity contribution in [2.45, 2.75) is 6.61 Å². The van der Waals surface area contributed by atoms with E-state index in [1.54, 1.807) is 12.1 Å². The number of aromatic hydroxyl groups is 1. The van der Waals surface area contributed by atoms with Crippen molar-refractivity contribution in [3.8, 4) is 28.7 Å². The van der Waals surface area contributed by atoms with Crippen LogP contribution in [-0.4, -0.2) is 26.4 Å². The van der Waals surface area contributed by atoms with Crippen molar-refractivity contribution < 1.29 is 28.5 Å². The summed E-state index contributed by atoms with van der Waals surface area (Å²) in [7, 11) is 4.40. The number of rotatable bonds is 6. The fourth-order valence-corrected chi connectivity index (χ4v) is 3.40. The summed E-state index contributed by atoms with van der Waals surface area (Å²) in [4.78, 5) is 12.8. The van der Waals surface area contributed by atoms with E-state index in [0.717, 1.165) is 5.56 Å². The molecule has 0 saturated heterocycles. The molecule has 0 aliphatic rings. The van der Waals surface area contributed by atoms with Crippen molar-refractivity contribution in [1.82, 2.24) is 0 Å². The molecule has 0 fully saturated rings. The number of phenols is 1. The first-order valence-corrected chi connectivity index (χ1v) is 9.16. The van der Waals surface area contributed by atoms with Crippen LogP contribution in [0.2, 0.25) is 0 Å². The normalized spacial score (nSPS) is 10.9. The van der Waals surface area contributed by atoms with E-state index in [2.05, 4.69) is 0 Å². The molecule has 1 N–H and O–H groups in total. The van der Waals surface area contributed by atoms with Gasteiger partial charge in [-0.3, -0.25) is 0 Å². The van der Waals surface area contributed by atoms with Crippen LogP contribution in [-0.2, 0) is 6.61 Å². The van der Waals surface area contributed by atoms with Gasteiger partial charge in [-0.05, 0) is 11.6 Å². The average molecular weight is 408 g/mol. The minimum Gasteiger partial charge on any atom is -0.507 e. The second-order valence-corrected chi connectivity index (χ2v) is 6.55. The van der Waals surface area contributed by atoms with Crippen LogP contribution >= 0.6 is 0 Å². The number of phenolic OH excluding ortho intramolecular Hbond substituents is 1. The predicted octanol–water partition coefficient (Wildman–Crippen LogP) is 4.26. The molecule has 0 radical (unpaired) electrons. The van der Waals surface area contributed by atoms with Gasteiger partial charge >= 0.3 is 5.63 Å². The number of ether oxygens (including phenoxy) is 4. The van der Waals surface area contributed by atoms with Gasteiger partial charge in [0.2, 0.25) is 5.75 Å². The van der Waals surface area contributed by atoms with Gasteiger partial charge in [0.15, 0.2) is 11.3 Å². The Labute approximate surface area is 172 Å². The van der Waals surface area contributed by atoms with Crippen LogP contribution in [0, 0.1) is 0 Å². The van der Waals surface area contributed by atoms with E-state index in [-0.39, 0.29) is 40.6 Å². The lowest BCUT2D eigenvalue weighted by molar-refractivity contribution is 0.282. The molecule has 154 valence electrons. The zero-order valence-corrected chi connectivity index (χ0v) is 16.7. The molecule has 0 amide bonds. The maximum Gasteiger partial charge on any atom is 0.348 e. The van der Waals surface area contributed by atoms with Gasteiger partial charge in [-0.15, -0.1) is 0 Å². The quantitative estimate of drug-likeness (QED) is 0.377. The molecule has 1 heterocycles. The first-order chi connectivity index (χ1) is 14.6. The number of hydrogen-bond acceptors (Lipinski definition) is 7. The molecule has 0 bridgehead atoms. The predicted molar refractivity (Wildman–Crippen MR) is 112 cm³/mol. The van der Waals surface area contributed by atoms with Gasteiger partial charge in [0.05, 0.1) is 26.7 Å². The summed E-state index contributed by atoms with van der Waals surface area (Å²) in [6.45, 7) is 0.222. The fraction of sp³-hybridized carbons (Fsp3) is 0.174. The minimum absolute atomic E-state index is 0.0792. The smallest absolute Gasteiger partial charge is 0.348 e. The number of hydrogen-bond donors (Lipinski definition) is 1. The highest BCUT2D eigenvalue weighted by Crippen LogP contribution is 2.45. The Kier molecular flexibility index (Phi) is 5.10. The lowest BCUT2D eigenvalue weighted by atomic mass is 10.0. The van der Waals surface area contributed by atoms with E-state index in [9.17, 15) is 9.90 Å². The molecular formula is C23H20O7. The van der Waals surface area contributed by atoms with Gasteiger partial charge in [-0.25, -0.2) is 4.79 Å². The second-order valence-electron chi connectivity index (χ2n) is 6.55. The van der Waals surface area contributed by atoms with E-state index < -0.39 is 5.63 Å². The third-order valence-corrected chi connectivity index (χ3v) is 4.83. The van der Waals surface area contributed by atoms with Gasteiger partial charge in [-0.2, -0.15) is 0 Å².